The Morgan fingerprint density at radius 1 is 1.50 bits per heavy atom. The minimum absolute atomic E-state index is 0.130. The van der Waals surface area contributed by atoms with Gasteiger partial charge in [-0.05, 0) is 13.3 Å². The second-order valence-electron chi connectivity index (χ2n) is 2.77. The van der Waals surface area contributed by atoms with E-state index in [9.17, 15) is 9.59 Å². The number of hydrogen-bond donors (Lipinski definition) is 1. The molecule has 0 spiro atoms. The number of H-pyrrole nitrogens is 1. The van der Waals surface area contributed by atoms with Crippen molar-refractivity contribution in [2.45, 2.75) is 20.3 Å². The summed E-state index contributed by atoms with van der Waals surface area (Å²) in [5.74, 6) is -0.470. The number of carbonyl (C=O) groups excluding carboxylic acids is 1. The van der Waals surface area contributed by atoms with Gasteiger partial charge in [-0.25, -0.2) is 4.79 Å². The Hall–Kier alpha value is -1.58. The number of ether oxygens (including phenoxy) is 1. The van der Waals surface area contributed by atoms with Crippen molar-refractivity contribution >= 4 is 5.97 Å². The van der Waals surface area contributed by atoms with Gasteiger partial charge in [-0.1, -0.05) is 6.92 Å². The van der Waals surface area contributed by atoms with E-state index < -0.39 is 5.97 Å². The molecule has 0 saturated carbocycles. The second-order valence-corrected chi connectivity index (χ2v) is 2.77. The van der Waals surface area contributed by atoms with E-state index in [-0.39, 0.29) is 11.1 Å². The highest BCUT2D eigenvalue weighted by Crippen LogP contribution is 2.02. The highest BCUT2D eigenvalue weighted by molar-refractivity contribution is 5.88. The Labute approximate surface area is 81.9 Å². The Bertz CT molecular complexity index is 381. The van der Waals surface area contributed by atoms with Gasteiger partial charge in [0.05, 0.1) is 6.61 Å². The molecule has 0 aliphatic rings. The average Bonchev–Trinajstić information content (AvgIpc) is 2.17. The number of hydrogen-bond acceptors (Lipinski definition) is 3. The van der Waals surface area contributed by atoms with E-state index in [1.165, 1.54) is 12.3 Å². The van der Waals surface area contributed by atoms with Crippen LogP contribution in [0, 0.1) is 0 Å². The van der Waals surface area contributed by atoms with Crippen LogP contribution in [0.15, 0.2) is 17.1 Å². The molecule has 0 aliphatic heterocycles. The van der Waals surface area contributed by atoms with Gasteiger partial charge in [0.25, 0.3) is 0 Å². The monoisotopic (exact) mass is 195 g/mol. The van der Waals surface area contributed by atoms with E-state index in [0.29, 0.717) is 18.6 Å². The molecule has 0 radical (unpaired) electrons. The van der Waals surface area contributed by atoms with Crippen LogP contribution < -0.4 is 5.43 Å². The molecule has 1 aromatic heterocycles. The van der Waals surface area contributed by atoms with Crippen LogP contribution in [0.3, 0.4) is 0 Å². The van der Waals surface area contributed by atoms with Crippen molar-refractivity contribution in [1.82, 2.24) is 4.98 Å². The summed E-state index contributed by atoms with van der Waals surface area (Å²) in [5.41, 5.74) is 0.613. The van der Waals surface area contributed by atoms with Crippen LogP contribution in [-0.2, 0) is 11.2 Å². The number of nitrogens with one attached hydrogen (secondary N) is 1. The zero-order chi connectivity index (χ0) is 10.6. The summed E-state index contributed by atoms with van der Waals surface area (Å²) in [4.78, 5) is 25.5. The van der Waals surface area contributed by atoms with E-state index in [4.69, 9.17) is 4.74 Å². The Kier molecular flexibility index (Phi) is 3.45. The number of esters is 1. The fraction of sp³-hybridized carbons (Fsp3) is 0.400. The lowest BCUT2D eigenvalue weighted by Gasteiger charge is -2.05. The van der Waals surface area contributed by atoms with Gasteiger partial charge >= 0.3 is 5.97 Å². The normalized spacial score (nSPS) is 9.86. The molecule has 0 saturated heterocycles. The molecule has 0 aromatic carbocycles. The van der Waals surface area contributed by atoms with E-state index in [2.05, 4.69) is 4.98 Å². The predicted molar refractivity (Wildman–Crippen MR) is 52.4 cm³/mol. The van der Waals surface area contributed by atoms with E-state index in [0.717, 1.165) is 0 Å². The lowest BCUT2D eigenvalue weighted by molar-refractivity contribution is 0.0518. The first-order chi connectivity index (χ1) is 6.70. The van der Waals surface area contributed by atoms with E-state index >= 15 is 0 Å². The van der Waals surface area contributed by atoms with Crippen molar-refractivity contribution in [3.8, 4) is 0 Å². The summed E-state index contributed by atoms with van der Waals surface area (Å²) < 4.78 is 4.82. The number of aromatic nitrogens is 1. The van der Waals surface area contributed by atoms with Gasteiger partial charge < -0.3 is 9.72 Å². The minimum atomic E-state index is -0.470. The summed E-state index contributed by atoms with van der Waals surface area (Å²) >= 11 is 0. The van der Waals surface area contributed by atoms with E-state index in [1.54, 1.807) is 6.92 Å². The Morgan fingerprint density at radius 3 is 2.79 bits per heavy atom. The lowest BCUT2D eigenvalue weighted by atomic mass is 10.1. The molecule has 76 valence electrons. The molecule has 1 rings (SSSR count). The summed E-state index contributed by atoms with van der Waals surface area (Å²) in [7, 11) is 0. The summed E-state index contributed by atoms with van der Waals surface area (Å²) in [5, 5.41) is 0. The third-order valence-electron chi connectivity index (χ3n) is 1.89. The van der Waals surface area contributed by atoms with Gasteiger partial charge in [0.1, 0.15) is 5.69 Å². The van der Waals surface area contributed by atoms with Crippen molar-refractivity contribution in [3.63, 3.8) is 0 Å². The highest BCUT2D eigenvalue weighted by atomic mass is 16.5. The molecule has 0 amide bonds. The maximum absolute atomic E-state index is 11.4. The third-order valence-corrected chi connectivity index (χ3v) is 1.89. The molecule has 1 N–H and O–H groups in total. The van der Waals surface area contributed by atoms with Crippen LogP contribution in [0.4, 0.5) is 0 Å². The first kappa shape index (κ1) is 10.5. The standard InChI is InChI=1S/C10H13NO3/c1-3-7-8(12)5-6-11-9(7)10(13)14-4-2/h5-6H,3-4H2,1-2H3,(H,11,12). The summed E-state index contributed by atoms with van der Waals surface area (Å²) in [6.07, 6.45) is 1.97. The summed E-state index contributed by atoms with van der Waals surface area (Å²) in [6.45, 7) is 3.86. The van der Waals surface area contributed by atoms with Crippen LogP contribution in [0.2, 0.25) is 0 Å². The van der Waals surface area contributed by atoms with Crippen LogP contribution >= 0.6 is 0 Å². The average molecular weight is 195 g/mol. The van der Waals surface area contributed by atoms with Gasteiger partial charge in [-0.2, -0.15) is 0 Å². The maximum atomic E-state index is 11.4. The molecule has 0 aliphatic carbocycles. The number of rotatable bonds is 3. The van der Waals surface area contributed by atoms with E-state index in [1.807, 2.05) is 6.92 Å². The maximum Gasteiger partial charge on any atom is 0.355 e. The fourth-order valence-electron chi connectivity index (χ4n) is 1.25. The zero-order valence-corrected chi connectivity index (χ0v) is 8.29. The molecule has 14 heavy (non-hydrogen) atoms. The van der Waals surface area contributed by atoms with Gasteiger partial charge in [-0.15, -0.1) is 0 Å². The van der Waals surface area contributed by atoms with Gasteiger partial charge in [-0.3, -0.25) is 4.79 Å². The SMILES string of the molecule is CCOC(=O)c1[nH]ccc(=O)c1CC. The summed E-state index contributed by atoms with van der Waals surface area (Å²) in [6, 6.07) is 1.40. The molecular weight excluding hydrogens is 182 g/mol. The van der Waals surface area contributed by atoms with Gasteiger partial charge in [0.15, 0.2) is 5.43 Å². The minimum Gasteiger partial charge on any atom is -0.461 e. The van der Waals surface area contributed by atoms with Crippen molar-refractivity contribution in [2.75, 3.05) is 6.61 Å². The zero-order valence-electron chi connectivity index (χ0n) is 8.29. The van der Waals surface area contributed by atoms with Crippen molar-refractivity contribution in [3.05, 3.63) is 33.7 Å². The fourth-order valence-corrected chi connectivity index (χ4v) is 1.25. The van der Waals surface area contributed by atoms with Gasteiger partial charge in [0.2, 0.25) is 0 Å². The largest absolute Gasteiger partial charge is 0.461 e. The molecule has 4 heteroatoms. The first-order valence-corrected chi connectivity index (χ1v) is 4.58. The predicted octanol–water partition coefficient (Wildman–Crippen LogP) is 1.11. The molecule has 1 aromatic rings. The van der Waals surface area contributed by atoms with Crippen LogP contribution in [-0.4, -0.2) is 17.6 Å². The smallest absolute Gasteiger partial charge is 0.355 e. The number of pyridine rings is 1. The first-order valence-electron chi connectivity index (χ1n) is 4.58. The highest BCUT2D eigenvalue weighted by Gasteiger charge is 2.13. The molecule has 0 fully saturated rings. The number of aromatic amines is 1. The molecule has 4 nitrogen and oxygen atoms in total. The Morgan fingerprint density at radius 2 is 2.21 bits per heavy atom. The third kappa shape index (κ3) is 2.02. The van der Waals surface area contributed by atoms with Crippen LogP contribution in [0.1, 0.15) is 29.9 Å². The topological polar surface area (TPSA) is 59.2 Å². The van der Waals surface area contributed by atoms with Crippen molar-refractivity contribution < 1.29 is 9.53 Å². The molecule has 0 unspecified atom stereocenters. The van der Waals surface area contributed by atoms with Crippen LogP contribution in [0.25, 0.3) is 0 Å². The Balaban J connectivity index is 3.14. The lowest BCUT2D eigenvalue weighted by Crippen LogP contribution is -2.17. The quantitative estimate of drug-likeness (QED) is 0.735. The van der Waals surface area contributed by atoms with Crippen LogP contribution in [0.5, 0.6) is 0 Å². The molecule has 0 atom stereocenters. The second kappa shape index (κ2) is 4.60. The number of carbonyl (C=O) groups is 1. The molecular formula is C10H13NO3. The van der Waals surface area contributed by atoms with Crippen molar-refractivity contribution in [2.24, 2.45) is 0 Å². The van der Waals surface area contributed by atoms with Gasteiger partial charge in [0, 0.05) is 17.8 Å². The molecule has 1 heterocycles. The van der Waals surface area contributed by atoms with Crippen molar-refractivity contribution in [1.29, 1.82) is 0 Å². The molecule has 0 bridgehead atoms.